The largest absolute Gasteiger partial charge is 0.497 e. The number of benzene rings is 1. The van der Waals surface area contributed by atoms with E-state index in [0.717, 1.165) is 18.6 Å². The molecule has 1 aromatic rings. The van der Waals surface area contributed by atoms with Crippen molar-refractivity contribution in [2.75, 3.05) is 53.2 Å². The average Bonchev–Trinajstić information content (AvgIpc) is 3.16. The summed E-state index contributed by atoms with van der Waals surface area (Å²) in [5.74, 6) is 1.89. The molecule has 2 heterocycles. The number of methoxy groups -OCH3 is 1. The zero-order valence-corrected chi connectivity index (χ0v) is 19.7. The first-order valence-corrected chi connectivity index (χ1v) is 11.6. The van der Waals surface area contributed by atoms with E-state index < -0.39 is 0 Å². The molecule has 0 aliphatic carbocycles. The van der Waals surface area contributed by atoms with Crippen LogP contribution in [0.15, 0.2) is 24.3 Å². The van der Waals surface area contributed by atoms with Gasteiger partial charge in [-0.2, -0.15) is 0 Å². The maximum absolute atomic E-state index is 12.4. The number of nitrogens with zero attached hydrogens (tertiary/aromatic N) is 3. The van der Waals surface area contributed by atoms with Gasteiger partial charge in [-0.3, -0.25) is 4.79 Å². The van der Waals surface area contributed by atoms with Crippen LogP contribution < -0.4 is 9.47 Å². The lowest BCUT2D eigenvalue weighted by molar-refractivity contribution is -0.129. The number of carbonyl (C=O) groups is 2. The molecule has 3 rings (SSSR count). The smallest absolute Gasteiger partial charge is 0.410 e. The molecule has 0 aromatic heterocycles. The molecule has 2 aliphatic heterocycles. The number of cyclic esters (lactones) is 1. The highest BCUT2D eigenvalue weighted by Crippen LogP contribution is 2.24. The topological polar surface area (TPSA) is 71.6 Å². The van der Waals surface area contributed by atoms with Crippen LogP contribution in [-0.4, -0.2) is 96.4 Å². The lowest BCUT2D eigenvalue weighted by atomic mass is 10.0. The minimum Gasteiger partial charge on any atom is -0.497 e. The second kappa shape index (κ2) is 10.9. The molecule has 0 bridgehead atoms. The lowest BCUT2D eigenvalue weighted by Crippen LogP contribution is -2.47. The monoisotopic (exact) mass is 467 g/mol. The minimum absolute atomic E-state index is 0.0815. The summed E-state index contributed by atoms with van der Waals surface area (Å²) in [6, 6.07) is 7.37. The third kappa shape index (κ3) is 6.39. The molecule has 8 nitrogen and oxygen atoms in total. The number of hydrogen-bond acceptors (Lipinski definition) is 7. The van der Waals surface area contributed by atoms with Crippen molar-refractivity contribution < 1.29 is 23.8 Å². The summed E-state index contributed by atoms with van der Waals surface area (Å²) in [5.41, 5.74) is 0. The zero-order valence-electron chi connectivity index (χ0n) is 18.1. The molecule has 1 aromatic carbocycles. The molecule has 0 spiro atoms. The Bertz CT molecular complexity index is 782. The van der Waals surface area contributed by atoms with E-state index in [1.807, 2.05) is 48.2 Å². The number of hydrogen-bond donors (Lipinski definition) is 0. The van der Waals surface area contributed by atoms with Crippen LogP contribution in [0.25, 0.3) is 0 Å². The average molecular weight is 468 g/mol. The molecule has 170 valence electrons. The molecule has 1 unspecified atom stereocenters. The Balaban J connectivity index is 1.41. The van der Waals surface area contributed by atoms with E-state index in [9.17, 15) is 9.59 Å². The summed E-state index contributed by atoms with van der Waals surface area (Å²) < 4.78 is 17.1. The van der Waals surface area contributed by atoms with Gasteiger partial charge in [0, 0.05) is 33.2 Å². The fourth-order valence-electron chi connectivity index (χ4n) is 3.56. The summed E-state index contributed by atoms with van der Waals surface area (Å²) in [6.07, 6.45) is 0.878. The molecule has 0 radical (unpaired) electrons. The Morgan fingerprint density at radius 3 is 2.48 bits per heavy atom. The summed E-state index contributed by atoms with van der Waals surface area (Å²) in [5, 5.41) is 0. The Morgan fingerprint density at radius 1 is 1.23 bits per heavy atom. The number of likely N-dealkylation sites (tertiary alicyclic amines) is 1. The molecule has 2 saturated heterocycles. The van der Waals surface area contributed by atoms with Crippen molar-refractivity contribution in [3.63, 3.8) is 0 Å². The van der Waals surface area contributed by atoms with Crippen molar-refractivity contribution in [3.05, 3.63) is 24.3 Å². The first kappa shape index (κ1) is 23.5. The maximum Gasteiger partial charge on any atom is 0.410 e. The van der Waals surface area contributed by atoms with Crippen LogP contribution >= 0.6 is 24.0 Å². The van der Waals surface area contributed by atoms with Crippen LogP contribution in [0.5, 0.6) is 11.5 Å². The highest BCUT2D eigenvalue weighted by Gasteiger charge is 2.38. The van der Waals surface area contributed by atoms with Crippen molar-refractivity contribution >= 4 is 40.3 Å². The number of thiocarbonyl (C=S) groups is 1. The van der Waals surface area contributed by atoms with Gasteiger partial charge in [-0.25, -0.2) is 4.79 Å². The summed E-state index contributed by atoms with van der Waals surface area (Å²) in [7, 11) is 5.35. The van der Waals surface area contributed by atoms with Gasteiger partial charge in [0.2, 0.25) is 5.91 Å². The van der Waals surface area contributed by atoms with E-state index in [1.54, 1.807) is 12.0 Å². The van der Waals surface area contributed by atoms with Gasteiger partial charge in [-0.05, 0) is 37.1 Å². The number of carbonyl (C=O) groups excluding carboxylic acids is 2. The summed E-state index contributed by atoms with van der Waals surface area (Å²) in [6.45, 7) is 2.07. The molecule has 2 aliphatic rings. The number of thioether (sulfide) groups is 1. The molecule has 0 saturated carbocycles. The minimum atomic E-state index is -0.308. The van der Waals surface area contributed by atoms with Gasteiger partial charge in [0.1, 0.15) is 22.4 Å². The van der Waals surface area contributed by atoms with E-state index in [4.69, 9.17) is 26.4 Å². The fraction of sp³-hybridized carbons (Fsp3) is 0.571. The van der Waals surface area contributed by atoms with Crippen LogP contribution in [-0.2, 0) is 9.53 Å². The molecular weight excluding hydrogens is 438 g/mol. The van der Waals surface area contributed by atoms with Gasteiger partial charge < -0.3 is 28.9 Å². The van der Waals surface area contributed by atoms with E-state index in [-0.39, 0.29) is 24.1 Å². The van der Waals surface area contributed by atoms with E-state index in [0.29, 0.717) is 42.1 Å². The van der Waals surface area contributed by atoms with Gasteiger partial charge in [-0.15, -0.1) is 0 Å². The van der Waals surface area contributed by atoms with E-state index in [1.165, 1.54) is 11.8 Å². The first-order valence-electron chi connectivity index (χ1n) is 10.2. The Labute approximate surface area is 192 Å². The van der Waals surface area contributed by atoms with Crippen molar-refractivity contribution in [2.45, 2.75) is 25.0 Å². The molecular formula is C21H29N3O5S2. The molecule has 10 heteroatoms. The third-order valence-electron chi connectivity index (χ3n) is 5.34. The Kier molecular flexibility index (Phi) is 8.25. The Hall–Kier alpha value is -2.20. The predicted molar refractivity (Wildman–Crippen MR) is 124 cm³/mol. The van der Waals surface area contributed by atoms with Crippen molar-refractivity contribution in [1.82, 2.24) is 14.7 Å². The van der Waals surface area contributed by atoms with Gasteiger partial charge in [-0.1, -0.05) is 24.0 Å². The SMILES string of the molecule is COc1ccc(OCC2CN(C3CCN(C(=O)CSC(=S)N(C)C)CC3)C(=O)O2)cc1. The van der Waals surface area contributed by atoms with Gasteiger partial charge in [0.15, 0.2) is 6.10 Å². The second-order valence-electron chi connectivity index (χ2n) is 7.71. The van der Waals surface area contributed by atoms with E-state index >= 15 is 0 Å². The van der Waals surface area contributed by atoms with Crippen LogP contribution in [0.4, 0.5) is 4.79 Å². The van der Waals surface area contributed by atoms with Crippen LogP contribution in [0, 0.1) is 0 Å². The zero-order chi connectivity index (χ0) is 22.4. The standard InChI is InChI=1S/C21H29N3O5S2/c1-22(2)21(30)31-14-19(25)23-10-8-15(9-11-23)24-12-18(29-20(24)26)13-28-17-6-4-16(27-3)5-7-17/h4-7,15,18H,8-14H2,1-3H3. The van der Waals surface area contributed by atoms with Crippen LogP contribution in [0.1, 0.15) is 12.8 Å². The molecule has 2 amide bonds. The third-order valence-corrected chi connectivity index (χ3v) is 7.06. The van der Waals surface area contributed by atoms with Crippen molar-refractivity contribution in [3.8, 4) is 11.5 Å². The number of amides is 2. The molecule has 2 fully saturated rings. The van der Waals surface area contributed by atoms with Gasteiger partial charge in [0.05, 0.1) is 19.4 Å². The van der Waals surface area contributed by atoms with Crippen LogP contribution in [0.3, 0.4) is 0 Å². The van der Waals surface area contributed by atoms with Gasteiger partial charge in [0.25, 0.3) is 0 Å². The Morgan fingerprint density at radius 2 is 1.87 bits per heavy atom. The highest BCUT2D eigenvalue weighted by molar-refractivity contribution is 8.23. The van der Waals surface area contributed by atoms with Crippen LogP contribution in [0.2, 0.25) is 0 Å². The highest BCUT2D eigenvalue weighted by atomic mass is 32.2. The number of rotatable bonds is 7. The first-order chi connectivity index (χ1) is 14.9. The number of ether oxygens (including phenoxy) is 3. The van der Waals surface area contributed by atoms with Crippen molar-refractivity contribution in [1.29, 1.82) is 0 Å². The quantitative estimate of drug-likeness (QED) is 0.567. The molecule has 1 atom stereocenters. The molecule has 0 N–H and O–H groups in total. The predicted octanol–water partition coefficient (Wildman–Crippen LogP) is 2.47. The molecule has 31 heavy (non-hydrogen) atoms. The fourth-order valence-corrected chi connectivity index (χ4v) is 4.42. The maximum atomic E-state index is 12.4. The van der Waals surface area contributed by atoms with E-state index in [2.05, 4.69) is 0 Å². The number of piperidine rings is 1. The lowest BCUT2D eigenvalue weighted by Gasteiger charge is -2.35. The summed E-state index contributed by atoms with van der Waals surface area (Å²) in [4.78, 5) is 30.3. The van der Waals surface area contributed by atoms with Gasteiger partial charge >= 0.3 is 6.09 Å². The van der Waals surface area contributed by atoms with Crippen molar-refractivity contribution in [2.24, 2.45) is 0 Å². The second-order valence-corrected chi connectivity index (χ2v) is 9.31. The normalized spacial score (nSPS) is 19.2. The summed E-state index contributed by atoms with van der Waals surface area (Å²) >= 11 is 6.60.